The maximum Gasteiger partial charge on any atom is 0.547 e. The van der Waals surface area contributed by atoms with Gasteiger partial charge in [0.15, 0.2) is 5.94 Å². The lowest BCUT2D eigenvalue weighted by Crippen LogP contribution is -2.23. The van der Waals surface area contributed by atoms with Crippen molar-refractivity contribution in [2.24, 2.45) is 10.4 Å². The normalized spacial score (nSPS) is 22.4. The van der Waals surface area contributed by atoms with Gasteiger partial charge in [-0.2, -0.15) is 5.26 Å². The minimum Gasteiger partial charge on any atom is -0.430 e. The summed E-state index contributed by atoms with van der Waals surface area (Å²) in [5, 5.41) is 22.8. The van der Waals surface area contributed by atoms with Crippen LogP contribution < -0.4 is 0 Å². The van der Waals surface area contributed by atoms with Crippen molar-refractivity contribution in [3.05, 3.63) is 0 Å². The molecule has 0 aromatic carbocycles. The molecule has 0 saturated heterocycles. The van der Waals surface area contributed by atoms with E-state index in [4.69, 9.17) is 10.5 Å². The van der Waals surface area contributed by atoms with Gasteiger partial charge in [0.05, 0.1) is 12.0 Å². The van der Waals surface area contributed by atoms with Gasteiger partial charge in [0.2, 0.25) is 0 Å². The number of rotatable bonds is 0. The second-order valence-electron chi connectivity index (χ2n) is 1.43. The quantitative estimate of drug-likeness (QED) is 0.417. The molecule has 1 aliphatic rings. The Morgan fingerprint density at radius 2 is 2.33 bits per heavy atom. The molecule has 6 heteroatoms. The Morgan fingerprint density at radius 3 is 2.78 bits per heavy atom. The van der Waals surface area contributed by atoms with E-state index in [-0.39, 0.29) is 0 Å². The lowest BCUT2D eigenvalue weighted by Gasteiger charge is -1.88. The summed E-state index contributed by atoms with van der Waals surface area (Å²) in [6.45, 7) is -0.810. The Morgan fingerprint density at radius 1 is 1.56 bits per heavy atom. The van der Waals surface area contributed by atoms with Crippen LogP contribution in [0, 0.1) is 22.6 Å². The van der Waals surface area contributed by atoms with Crippen molar-refractivity contribution in [2.45, 2.75) is 5.94 Å². The lowest BCUT2D eigenvalue weighted by molar-refractivity contribution is 0.346. The largest absolute Gasteiger partial charge is 0.547 e. The fourth-order valence-corrected chi connectivity index (χ4v) is 0.435. The van der Waals surface area contributed by atoms with Gasteiger partial charge in [-0.15, -0.1) is 5.11 Å². The van der Waals surface area contributed by atoms with Crippen LogP contribution in [0.2, 0.25) is 0 Å². The van der Waals surface area contributed by atoms with E-state index in [1.165, 1.54) is 0 Å². The molecule has 0 aromatic heterocycles. The van der Waals surface area contributed by atoms with Crippen LogP contribution in [0.4, 0.5) is 0 Å². The van der Waals surface area contributed by atoms with Gasteiger partial charge in [0.25, 0.3) is 0 Å². The highest BCUT2D eigenvalue weighted by Gasteiger charge is 2.35. The molecular formula is C3HBN4O. The first-order chi connectivity index (χ1) is 4.38. The van der Waals surface area contributed by atoms with Gasteiger partial charge in [0.1, 0.15) is 0 Å². The van der Waals surface area contributed by atoms with Gasteiger partial charge >= 0.3 is 6.92 Å². The van der Waals surface area contributed by atoms with Crippen molar-refractivity contribution in [2.75, 3.05) is 0 Å². The molecule has 5 nitrogen and oxygen atoms in total. The molecule has 0 saturated carbocycles. The van der Waals surface area contributed by atoms with E-state index in [9.17, 15) is 0 Å². The minimum atomic E-state index is -0.810. The van der Waals surface area contributed by atoms with Crippen LogP contribution in [0.1, 0.15) is 0 Å². The summed E-state index contributed by atoms with van der Waals surface area (Å²) in [5.41, 5.74) is 0. The minimum absolute atomic E-state index is 0.741. The second-order valence-corrected chi connectivity index (χ2v) is 1.43. The molecule has 1 heterocycles. The predicted octanol–water partition coefficient (Wildman–Crippen LogP) is -0.131. The highest BCUT2D eigenvalue weighted by Crippen LogP contribution is 2.06. The topological polar surface area (TPSA) is 81.5 Å². The third-order valence-electron chi connectivity index (χ3n) is 0.879. The van der Waals surface area contributed by atoms with Crippen molar-refractivity contribution < 1.29 is 4.76 Å². The zero-order valence-electron chi connectivity index (χ0n) is 4.35. The molecule has 42 valence electrons. The maximum atomic E-state index is 8.23. The Kier molecular flexibility index (Phi) is 1.33. The van der Waals surface area contributed by atoms with Gasteiger partial charge in [-0.05, 0) is 0 Å². The molecule has 1 atom stereocenters. The van der Waals surface area contributed by atoms with E-state index in [0.29, 0.717) is 0 Å². The van der Waals surface area contributed by atoms with Crippen LogP contribution in [0.3, 0.4) is 0 Å². The lowest BCUT2D eigenvalue weighted by atomic mass is 9.64. The second kappa shape index (κ2) is 2.14. The number of hydrogen-bond acceptors (Lipinski definition) is 5. The van der Waals surface area contributed by atoms with Crippen LogP contribution in [-0.2, 0) is 4.76 Å². The standard InChI is InChI=1S/C3HBN4O/c5-1-3-4(2-6)9-8-7-3/h3H. The summed E-state index contributed by atoms with van der Waals surface area (Å²) in [7, 11) is 0. The van der Waals surface area contributed by atoms with Crippen molar-refractivity contribution in [3.8, 4) is 12.0 Å². The Hall–Kier alpha value is -1.56. The molecule has 0 aromatic rings. The molecule has 0 fully saturated rings. The Bertz CT molecular complexity index is 213. The smallest absolute Gasteiger partial charge is 0.430 e. The number of hydrogen-bond donors (Lipinski definition) is 0. The highest BCUT2D eigenvalue weighted by atomic mass is 16.6. The monoisotopic (exact) mass is 120 g/mol. The maximum absolute atomic E-state index is 8.23. The van der Waals surface area contributed by atoms with Gasteiger partial charge < -0.3 is 4.76 Å². The van der Waals surface area contributed by atoms with E-state index in [2.05, 4.69) is 15.1 Å². The Balaban J connectivity index is 2.65. The van der Waals surface area contributed by atoms with Crippen LogP contribution >= 0.6 is 0 Å². The average Bonchev–Trinajstić information content (AvgIpc) is 2.33. The molecule has 1 unspecified atom stereocenters. The van der Waals surface area contributed by atoms with Gasteiger partial charge in [0, 0.05) is 5.28 Å². The number of nitrogens with zero attached hydrogens (tertiary/aromatic N) is 4. The summed E-state index contributed by atoms with van der Waals surface area (Å²) >= 11 is 0. The van der Waals surface area contributed by atoms with E-state index in [1.54, 1.807) is 12.0 Å². The number of nitriles is 2. The third-order valence-corrected chi connectivity index (χ3v) is 0.879. The van der Waals surface area contributed by atoms with Crippen molar-refractivity contribution >= 4 is 6.92 Å². The van der Waals surface area contributed by atoms with Crippen LogP contribution in [0.5, 0.6) is 0 Å². The van der Waals surface area contributed by atoms with E-state index >= 15 is 0 Å². The SMILES string of the molecule is N#CB1ON=NC1C#N. The zero-order chi connectivity index (χ0) is 6.69. The summed E-state index contributed by atoms with van der Waals surface area (Å²) < 4.78 is 4.38. The Labute approximate surface area is 51.6 Å². The molecule has 0 radical (unpaired) electrons. The van der Waals surface area contributed by atoms with Gasteiger partial charge in [-0.25, -0.2) is 5.26 Å². The summed E-state index contributed by atoms with van der Waals surface area (Å²) in [4.78, 5) is 0. The van der Waals surface area contributed by atoms with Crippen LogP contribution in [-0.4, -0.2) is 12.9 Å². The average molecular weight is 120 g/mol. The van der Waals surface area contributed by atoms with E-state index in [1.807, 2.05) is 0 Å². The van der Waals surface area contributed by atoms with Crippen LogP contribution in [0.25, 0.3) is 0 Å². The summed E-state index contributed by atoms with van der Waals surface area (Å²) in [6.07, 6.45) is 0. The first-order valence-electron chi connectivity index (χ1n) is 2.23. The predicted molar refractivity (Wildman–Crippen MR) is 26.7 cm³/mol. The van der Waals surface area contributed by atoms with Crippen molar-refractivity contribution in [1.82, 2.24) is 0 Å². The third kappa shape index (κ3) is 0.822. The molecular weight excluding hydrogens is 119 g/mol. The first-order valence-corrected chi connectivity index (χ1v) is 2.23. The van der Waals surface area contributed by atoms with Crippen molar-refractivity contribution in [3.63, 3.8) is 0 Å². The molecule has 9 heavy (non-hydrogen) atoms. The first kappa shape index (κ1) is 5.58. The molecule has 0 spiro atoms. The van der Waals surface area contributed by atoms with E-state index < -0.39 is 12.9 Å². The molecule has 0 N–H and O–H groups in total. The molecule has 0 amide bonds. The summed E-state index contributed by atoms with van der Waals surface area (Å²) in [5.74, 6) is 0.992. The van der Waals surface area contributed by atoms with Gasteiger partial charge in [-0.1, -0.05) is 0 Å². The van der Waals surface area contributed by atoms with E-state index in [0.717, 1.165) is 0 Å². The fourth-order valence-electron chi connectivity index (χ4n) is 0.435. The van der Waals surface area contributed by atoms with Crippen LogP contribution in [0.15, 0.2) is 10.4 Å². The molecule has 0 aliphatic carbocycles. The molecule has 0 bridgehead atoms. The summed E-state index contributed by atoms with van der Waals surface area (Å²) in [6, 6.07) is 1.76. The highest BCUT2D eigenvalue weighted by molar-refractivity contribution is 6.63. The van der Waals surface area contributed by atoms with Crippen molar-refractivity contribution in [1.29, 1.82) is 10.5 Å². The molecule has 1 rings (SSSR count). The molecule has 1 aliphatic heterocycles. The fraction of sp³-hybridized carbons (Fsp3) is 0.333. The van der Waals surface area contributed by atoms with Gasteiger partial charge in [-0.3, -0.25) is 0 Å². The zero-order valence-corrected chi connectivity index (χ0v) is 4.35.